The van der Waals surface area contributed by atoms with Gasteiger partial charge in [-0.05, 0) is 30.9 Å². The third kappa shape index (κ3) is 3.61. The van der Waals surface area contributed by atoms with Gasteiger partial charge in [0.25, 0.3) is 0 Å². The number of hydrogen-bond donors (Lipinski definition) is 2. The zero-order valence-corrected chi connectivity index (χ0v) is 15.6. The van der Waals surface area contributed by atoms with E-state index in [1.807, 2.05) is 0 Å². The Kier molecular flexibility index (Phi) is 5.31. The van der Waals surface area contributed by atoms with Crippen molar-refractivity contribution in [2.45, 2.75) is 37.6 Å². The monoisotopic (exact) mass is 411 g/mol. The third-order valence-electron chi connectivity index (χ3n) is 5.46. The fourth-order valence-electron chi connectivity index (χ4n) is 4.06. The number of carboxylic acid groups (broad SMARTS) is 1. The van der Waals surface area contributed by atoms with Crippen molar-refractivity contribution in [3.05, 3.63) is 45.9 Å². The van der Waals surface area contributed by atoms with Crippen molar-refractivity contribution in [1.82, 2.24) is 4.98 Å². The summed E-state index contributed by atoms with van der Waals surface area (Å²) in [6.07, 6.45) is 0.622. The lowest BCUT2D eigenvalue weighted by Crippen LogP contribution is -2.33. The molecule has 1 aliphatic carbocycles. The van der Waals surface area contributed by atoms with Gasteiger partial charge in [-0.2, -0.15) is 4.39 Å². The van der Waals surface area contributed by atoms with Crippen molar-refractivity contribution in [1.29, 1.82) is 0 Å². The second-order valence-electron chi connectivity index (χ2n) is 7.11. The van der Waals surface area contributed by atoms with Gasteiger partial charge in [-0.15, -0.1) is 11.3 Å². The molecule has 0 amide bonds. The SMILES string of the molecule is O=C(O)c1csc([C@H]2CC[C@@H]3[C@@H](COc4cccc(F)c4F)[C@H](O)C[C@@H]3O2)n1. The Balaban J connectivity index is 1.40. The van der Waals surface area contributed by atoms with E-state index in [0.29, 0.717) is 17.8 Å². The number of aromatic nitrogens is 1. The Labute approximate surface area is 163 Å². The molecule has 1 saturated heterocycles. The summed E-state index contributed by atoms with van der Waals surface area (Å²) in [6.45, 7) is 0.0666. The molecule has 1 saturated carbocycles. The first-order chi connectivity index (χ1) is 13.4. The summed E-state index contributed by atoms with van der Waals surface area (Å²) < 4.78 is 38.6. The van der Waals surface area contributed by atoms with Gasteiger partial charge in [-0.1, -0.05) is 6.07 Å². The normalized spacial score (nSPS) is 29.5. The van der Waals surface area contributed by atoms with Crippen LogP contribution in [0, 0.1) is 23.5 Å². The minimum Gasteiger partial charge on any atom is -0.490 e. The molecule has 9 heteroatoms. The first-order valence-electron chi connectivity index (χ1n) is 9.03. The van der Waals surface area contributed by atoms with Gasteiger partial charge in [0.2, 0.25) is 5.82 Å². The van der Waals surface area contributed by atoms with E-state index >= 15 is 0 Å². The van der Waals surface area contributed by atoms with E-state index in [4.69, 9.17) is 14.6 Å². The molecule has 2 aromatic rings. The Hall–Kier alpha value is -2.10. The van der Waals surface area contributed by atoms with Gasteiger partial charge in [0.1, 0.15) is 11.1 Å². The van der Waals surface area contributed by atoms with Crippen molar-refractivity contribution in [2.24, 2.45) is 11.8 Å². The molecule has 2 heterocycles. The van der Waals surface area contributed by atoms with Gasteiger partial charge in [0.05, 0.1) is 18.8 Å². The van der Waals surface area contributed by atoms with Crippen molar-refractivity contribution in [3.8, 4) is 5.75 Å². The quantitative estimate of drug-likeness (QED) is 0.784. The largest absolute Gasteiger partial charge is 0.490 e. The number of carboxylic acids is 1. The first kappa shape index (κ1) is 19.2. The van der Waals surface area contributed by atoms with E-state index in [1.54, 1.807) is 0 Å². The standard InChI is InChI=1S/C19H19F2NO5S/c20-11-2-1-3-14(17(11)21)26-7-10-9-4-5-15(27-16(9)6-13(10)23)18-22-12(8-28-18)19(24)25/h1-3,8-10,13,15-16,23H,4-7H2,(H,24,25)/t9-,10-,13-,15-,16+/m1/s1. The number of carbonyl (C=O) groups is 1. The minimum atomic E-state index is -1.07. The van der Waals surface area contributed by atoms with Gasteiger partial charge in [-0.25, -0.2) is 14.2 Å². The number of aliphatic hydroxyl groups excluding tert-OH is 1. The van der Waals surface area contributed by atoms with Crippen molar-refractivity contribution in [2.75, 3.05) is 6.61 Å². The molecule has 2 fully saturated rings. The number of ether oxygens (including phenoxy) is 2. The molecule has 6 nitrogen and oxygen atoms in total. The summed E-state index contributed by atoms with van der Waals surface area (Å²) in [7, 11) is 0. The molecule has 2 aliphatic rings. The van der Waals surface area contributed by atoms with Crippen LogP contribution in [0.3, 0.4) is 0 Å². The maximum atomic E-state index is 13.8. The second kappa shape index (κ2) is 7.73. The predicted molar refractivity (Wildman–Crippen MR) is 95.4 cm³/mol. The topological polar surface area (TPSA) is 88.9 Å². The molecule has 1 aliphatic heterocycles. The van der Waals surface area contributed by atoms with Crippen LogP contribution in [-0.4, -0.2) is 40.0 Å². The maximum absolute atomic E-state index is 13.8. The number of fused-ring (bicyclic) bond motifs is 1. The highest BCUT2D eigenvalue weighted by Crippen LogP contribution is 2.46. The van der Waals surface area contributed by atoms with E-state index in [-0.39, 0.29) is 42.1 Å². The molecule has 28 heavy (non-hydrogen) atoms. The lowest BCUT2D eigenvalue weighted by atomic mass is 9.87. The second-order valence-corrected chi connectivity index (χ2v) is 8.00. The molecular weight excluding hydrogens is 392 g/mol. The summed E-state index contributed by atoms with van der Waals surface area (Å²) >= 11 is 1.25. The summed E-state index contributed by atoms with van der Waals surface area (Å²) in [5, 5.41) is 21.6. The molecule has 0 spiro atoms. The predicted octanol–water partition coefficient (Wildman–Crippen LogP) is 3.42. The number of aliphatic hydroxyl groups is 1. The molecule has 2 N–H and O–H groups in total. The van der Waals surface area contributed by atoms with E-state index in [1.165, 1.54) is 28.8 Å². The van der Waals surface area contributed by atoms with E-state index in [0.717, 1.165) is 12.5 Å². The van der Waals surface area contributed by atoms with Gasteiger partial charge in [-0.3, -0.25) is 0 Å². The highest BCUT2D eigenvalue weighted by molar-refractivity contribution is 7.09. The van der Waals surface area contributed by atoms with Crippen LogP contribution in [0.1, 0.15) is 40.9 Å². The molecule has 0 unspecified atom stereocenters. The summed E-state index contributed by atoms with van der Waals surface area (Å²) in [5.74, 6) is -3.48. The number of aromatic carboxylic acids is 1. The number of rotatable bonds is 5. The Morgan fingerprint density at radius 2 is 2.18 bits per heavy atom. The maximum Gasteiger partial charge on any atom is 0.355 e. The highest BCUT2D eigenvalue weighted by atomic mass is 32.1. The van der Waals surface area contributed by atoms with Crippen LogP contribution >= 0.6 is 11.3 Å². The minimum absolute atomic E-state index is 0.000534. The number of halogens is 2. The number of thiazole rings is 1. The van der Waals surface area contributed by atoms with Gasteiger partial charge < -0.3 is 19.7 Å². The van der Waals surface area contributed by atoms with Crippen LogP contribution in [0.4, 0.5) is 8.78 Å². The fourth-order valence-corrected chi connectivity index (χ4v) is 4.92. The Morgan fingerprint density at radius 3 is 2.93 bits per heavy atom. The number of hydrogen-bond acceptors (Lipinski definition) is 6. The fraction of sp³-hybridized carbons (Fsp3) is 0.474. The van der Waals surface area contributed by atoms with Crippen molar-refractivity contribution < 1.29 is 33.3 Å². The third-order valence-corrected chi connectivity index (χ3v) is 6.40. The highest BCUT2D eigenvalue weighted by Gasteiger charge is 2.47. The van der Waals surface area contributed by atoms with Crippen LogP contribution in [-0.2, 0) is 4.74 Å². The summed E-state index contributed by atoms with van der Waals surface area (Å²) in [4.78, 5) is 15.1. The number of benzene rings is 1. The van der Waals surface area contributed by atoms with Crippen LogP contribution in [0.15, 0.2) is 23.6 Å². The van der Waals surface area contributed by atoms with Gasteiger partial charge >= 0.3 is 5.97 Å². The van der Waals surface area contributed by atoms with Crippen LogP contribution in [0.25, 0.3) is 0 Å². The zero-order valence-electron chi connectivity index (χ0n) is 14.8. The van der Waals surface area contributed by atoms with E-state index < -0.39 is 23.7 Å². The smallest absolute Gasteiger partial charge is 0.355 e. The van der Waals surface area contributed by atoms with E-state index in [2.05, 4.69) is 4.98 Å². The van der Waals surface area contributed by atoms with Crippen LogP contribution < -0.4 is 4.74 Å². The Morgan fingerprint density at radius 1 is 1.36 bits per heavy atom. The lowest BCUT2D eigenvalue weighted by molar-refractivity contribution is -0.0812. The summed E-state index contributed by atoms with van der Waals surface area (Å²) in [6, 6.07) is 3.74. The van der Waals surface area contributed by atoms with Crippen LogP contribution in [0.5, 0.6) is 5.75 Å². The number of nitrogens with zero attached hydrogens (tertiary/aromatic N) is 1. The summed E-state index contributed by atoms with van der Waals surface area (Å²) in [5.41, 5.74) is 0.000534. The lowest BCUT2D eigenvalue weighted by Gasteiger charge is -2.33. The average molecular weight is 411 g/mol. The molecule has 0 bridgehead atoms. The molecule has 5 atom stereocenters. The molecular formula is C19H19F2NO5S. The molecule has 0 radical (unpaired) electrons. The van der Waals surface area contributed by atoms with Gasteiger partial charge in [0.15, 0.2) is 17.3 Å². The molecule has 1 aromatic carbocycles. The molecule has 4 rings (SSSR count). The van der Waals surface area contributed by atoms with Crippen molar-refractivity contribution in [3.63, 3.8) is 0 Å². The van der Waals surface area contributed by atoms with E-state index in [9.17, 15) is 18.7 Å². The average Bonchev–Trinajstić information content (AvgIpc) is 3.27. The molecule has 1 aromatic heterocycles. The van der Waals surface area contributed by atoms with Gasteiger partial charge in [0, 0.05) is 17.7 Å². The van der Waals surface area contributed by atoms with Crippen LogP contribution in [0.2, 0.25) is 0 Å². The van der Waals surface area contributed by atoms with Crippen molar-refractivity contribution >= 4 is 17.3 Å². The molecule has 150 valence electrons. The Bertz CT molecular complexity index is 876. The zero-order chi connectivity index (χ0) is 19.8. The first-order valence-corrected chi connectivity index (χ1v) is 9.91.